The summed E-state index contributed by atoms with van der Waals surface area (Å²) in [6, 6.07) is 17.5. The molecule has 122 valence electrons. The number of aromatic nitrogens is 1. The molecule has 0 saturated heterocycles. The molecule has 1 aromatic heterocycles. The SMILES string of the molecule is COc1ccc2nc(NNC(=S)Nc3ccccc3)cc(C)c2c1. The fourth-order valence-corrected chi connectivity index (χ4v) is 2.54. The number of anilines is 2. The molecule has 3 rings (SSSR count). The Hall–Kier alpha value is -2.86. The van der Waals surface area contributed by atoms with Crippen molar-refractivity contribution in [2.24, 2.45) is 0 Å². The van der Waals surface area contributed by atoms with E-state index in [2.05, 4.69) is 21.2 Å². The van der Waals surface area contributed by atoms with E-state index >= 15 is 0 Å². The Morgan fingerprint density at radius 1 is 1.08 bits per heavy atom. The molecule has 0 unspecified atom stereocenters. The molecule has 24 heavy (non-hydrogen) atoms. The van der Waals surface area contributed by atoms with Crippen molar-refractivity contribution in [2.45, 2.75) is 6.92 Å². The second kappa shape index (κ2) is 7.14. The lowest BCUT2D eigenvalue weighted by molar-refractivity contribution is 0.415. The van der Waals surface area contributed by atoms with Crippen molar-refractivity contribution in [3.05, 3.63) is 60.2 Å². The Kier molecular flexibility index (Phi) is 4.77. The molecule has 5 nitrogen and oxygen atoms in total. The van der Waals surface area contributed by atoms with Crippen molar-refractivity contribution < 1.29 is 4.74 Å². The van der Waals surface area contributed by atoms with Gasteiger partial charge in [0.1, 0.15) is 11.6 Å². The van der Waals surface area contributed by atoms with Gasteiger partial charge in [0.05, 0.1) is 12.6 Å². The van der Waals surface area contributed by atoms with E-state index in [1.165, 1.54) is 0 Å². The van der Waals surface area contributed by atoms with Gasteiger partial charge in [0.15, 0.2) is 5.11 Å². The van der Waals surface area contributed by atoms with Crippen LogP contribution in [0.1, 0.15) is 5.56 Å². The van der Waals surface area contributed by atoms with Crippen molar-refractivity contribution in [1.29, 1.82) is 0 Å². The first-order chi connectivity index (χ1) is 11.7. The molecule has 3 aromatic rings. The lowest BCUT2D eigenvalue weighted by atomic mass is 10.1. The van der Waals surface area contributed by atoms with Crippen LogP contribution in [0.15, 0.2) is 54.6 Å². The number of nitrogens with one attached hydrogen (secondary N) is 3. The quantitative estimate of drug-likeness (QED) is 0.496. The molecule has 0 radical (unpaired) electrons. The first-order valence-corrected chi connectivity index (χ1v) is 7.90. The molecule has 0 amide bonds. The zero-order valence-corrected chi connectivity index (χ0v) is 14.3. The van der Waals surface area contributed by atoms with Gasteiger partial charge in [0, 0.05) is 11.1 Å². The van der Waals surface area contributed by atoms with Crippen molar-refractivity contribution in [2.75, 3.05) is 17.9 Å². The normalized spacial score (nSPS) is 10.2. The minimum atomic E-state index is 0.468. The van der Waals surface area contributed by atoms with Crippen LogP contribution >= 0.6 is 12.2 Å². The molecule has 0 saturated carbocycles. The summed E-state index contributed by atoms with van der Waals surface area (Å²) in [6.45, 7) is 2.04. The van der Waals surface area contributed by atoms with Gasteiger partial charge in [0.2, 0.25) is 0 Å². The molecule has 3 N–H and O–H groups in total. The van der Waals surface area contributed by atoms with E-state index in [1.54, 1.807) is 7.11 Å². The maximum Gasteiger partial charge on any atom is 0.189 e. The number of methoxy groups -OCH3 is 1. The predicted octanol–water partition coefficient (Wildman–Crippen LogP) is 3.87. The lowest BCUT2D eigenvalue weighted by Crippen LogP contribution is -2.33. The van der Waals surface area contributed by atoms with E-state index < -0.39 is 0 Å². The summed E-state index contributed by atoms with van der Waals surface area (Å²) in [5.41, 5.74) is 8.89. The van der Waals surface area contributed by atoms with Crippen LogP contribution in [0.2, 0.25) is 0 Å². The molecule has 0 bridgehead atoms. The van der Waals surface area contributed by atoms with Gasteiger partial charge in [-0.1, -0.05) is 18.2 Å². The second-order valence-corrected chi connectivity index (χ2v) is 5.69. The molecular formula is C18H18N4OS. The number of nitrogens with zero attached hydrogens (tertiary/aromatic N) is 1. The van der Waals surface area contributed by atoms with Crippen LogP contribution in [-0.2, 0) is 0 Å². The number of pyridine rings is 1. The molecule has 0 aliphatic rings. The van der Waals surface area contributed by atoms with Crippen LogP contribution in [0.5, 0.6) is 5.75 Å². The number of thiocarbonyl (C=S) groups is 1. The molecule has 0 aliphatic heterocycles. The van der Waals surface area contributed by atoms with Crippen molar-refractivity contribution >= 4 is 39.7 Å². The molecule has 0 atom stereocenters. The highest BCUT2D eigenvalue weighted by molar-refractivity contribution is 7.80. The van der Waals surface area contributed by atoms with Crippen LogP contribution in [0.25, 0.3) is 10.9 Å². The second-order valence-electron chi connectivity index (χ2n) is 5.28. The average molecular weight is 338 g/mol. The Morgan fingerprint density at radius 2 is 1.88 bits per heavy atom. The van der Waals surface area contributed by atoms with Gasteiger partial charge >= 0.3 is 0 Å². The molecule has 2 aromatic carbocycles. The van der Waals surface area contributed by atoms with Crippen LogP contribution in [0.4, 0.5) is 11.5 Å². The van der Waals surface area contributed by atoms with Crippen LogP contribution in [-0.4, -0.2) is 17.2 Å². The summed E-state index contributed by atoms with van der Waals surface area (Å²) >= 11 is 5.27. The number of fused-ring (bicyclic) bond motifs is 1. The van der Waals surface area contributed by atoms with Gasteiger partial charge in [0.25, 0.3) is 0 Å². The monoisotopic (exact) mass is 338 g/mol. The Balaban J connectivity index is 1.70. The van der Waals surface area contributed by atoms with E-state index in [4.69, 9.17) is 17.0 Å². The maximum absolute atomic E-state index is 5.27. The molecule has 0 aliphatic carbocycles. The van der Waals surface area contributed by atoms with Gasteiger partial charge in [-0.15, -0.1) is 0 Å². The van der Waals surface area contributed by atoms with E-state index in [0.29, 0.717) is 10.9 Å². The third-order valence-corrected chi connectivity index (χ3v) is 3.76. The number of para-hydroxylation sites is 1. The number of rotatable bonds is 4. The third kappa shape index (κ3) is 3.72. The zero-order valence-electron chi connectivity index (χ0n) is 13.5. The molecular weight excluding hydrogens is 320 g/mol. The molecule has 6 heteroatoms. The van der Waals surface area contributed by atoms with Gasteiger partial charge < -0.3 is 10.1 Å². The maximum atomic E-state index is 5.27. The Bertz CT molecular complexity index is 868. The van der Waals surface area contributed by atoms with Gasteiger partial charge in [-0.25, -0.2) is 4.98 Å². The Labute approximate surface area is 146 Å². The minimum absolute atomic E-state index is 0.468. The largest absolute Gasteiger partial charge is 0.497 e. The van der Waals surface area contributed by atoms with E-state index in [-0.39, 0.29) is 0 Å². The summed E-state index contributed by atoms with van der Waals surface area (Å²) in [4.78, 5) is 4.57. The molecule has 1 heterocycles. The third-order valence-electron chi connectivity index (χ3n) is 3.56. The van der Waals surface area contributed by atoms with Gasteiger partial charge in [-0.3, -0.25) is 10.9 Å². The number of aryl methyl sites for hydroxylation is 1. The molecule has 0 fully saturated rings. The number of hydrogen-bond donors (Lipinski definition) is 3. The fourth-order valence-electron chi connectivity index (χ4n) is 2.37. The van der Waals surface area contributed by atoms with Crippen molar-refractivity contribution in [1.82, 2.24) is 10.4 Å². The van der Waals surface area contributed by atoms with E-state index in [9.17, 15) is 0 Å². The highest BCUT2D eigenvalue weighted by atomic mass is 32.1. The first kappa shape index (κ1) is 16.0. The Morgan fingerprint density at radius 3 is 2.62 bits per heavy atom. The number of hydrogen-bond acceptors (Lipinski definition) is 4. The summed E-state index contributed by atoms with van der Waals surface area (Å²) in [7, 11) is 1.66. The zero-order chi connectivity index (χ0) is 16.9. The fraction of sp³-hybridized carbons (Fsp3) is 0.111. The standard InChI is InChI=1S/C18H18N4OS/c1-12-10-17(20-16-9-8-14(23-2)11-15(12)16)21-22-18(24)19-13-6-4-3-5-7-13/h3-11H,1-2H3,(H,20,21)(H2,19,22,24). The summed E-state index contributed by atoms with van der Waals surface area (Å²) in [5, 5.41) is 4.62. The number of hydrazine groups is 1. The highest BCUT2D eigenvalue weighted by Gasteiger charge is 2.05. The number of benzene rings is 2. The predicted molar refractivity (Wildman–Crippen MR) is 102 cm³/mol. The van der Waals surface area contributed by atoms with Crippen molar-refractivity contribution in [3.8, 4) is 5.75 Å². The van der Waals surface area contributed by atoms with Crippen LogP contribution in [0.3, 0.4) is 0 Å². The number of ether oxygens (including phenoxy) is 1. The minimum Gasteiger partial charge on any atom is -0.497 e. The smallest absolute Gasteiger partial charge is 0.189 e. The van der Waals surface area contributed by atoms with E-state index in [1.807, 2.05) is 61.5 Å². The summed E-state index contributed by atoms with van der Waals surface area (Å²) in [6.07, 6.45) is 0. The topological polar surface area (TPSA) is 58.2 Å². The lowest BCUT2D eigenvalue weighted by Gasteiger charge is -2.13. The van der Waals surface area contributed by atoms with E-state index in [0.717, 1.165) is 27.9 Å². The molecule has 0 spiro atoms. The first-order valence-electron chi connectivity index (χ1n) is 7.49. The summed E-state index contributed by atoms with van der Waals surface area (Å²) in [5.74, 6) is 1.52. The average Bonchev–Trinajstić information content (AvgIpc) is 2.60. The van der Waals surface area contributed by atoms with Gasteiger partial charge in [-0.05, 0) is 61.1 Å². The van der Waals surface area contributed by atoms with Gasteiger partial charge in [-0.2, -0.15) is 0 Å². The van der Waals surface area contributed by atoms with Crippen LogP contribution in [0, 0.1) is 6.92 Å². The summed E-state index contributed by atoms with van der Waals surface area (Å²) < 4.78 is 5.26. The highest BCUT2D eigenvalue weighted by Crippen LogP contribution is 2.24. The van der Waals surface area contributed by atoms with Crippen molar-refractivity contribution in [3.63, 3.8) is 0 Å². The van der Waals surface area contributed by atoms with Crippen LogP contribution < -0.4 is 20.9 Å².